The van der Waals surface area contributed by atoms with Crippen molar-refractivity contribution in [2.75, 3.05) is 18.4 Å². The first-order valence-electron chi connectivity index (χ1n) is 7.42. The van der Waals surface area contributed by atoms with Crippen LogP contribution in [0.15, 0.2) is 24.3 Å². The van der Waals surface area contributed by atoms with E-state index in [4.69, 9.17) is 5.73 Å². The Balaban J connectivity index is 2.08. The van der Waals surface area contributed by atoms with E-state index in [0.29, 0.717) is 6.54 Å². The standard InChI is InChI=1S/C15H20N6/c1-2-13-19-20-15-14(17-10-6-5-9-16)18-11-7-3-4-8-12(11)21(13)15/h3-4,7-8H,2,5-6,9-10,16H2,1H3,(H,17,18). The molecule has 6 nitrogen and oxygen atoms in total. The van der Waals surface area contributed by atoms with E-state index in [2.05, 4.69) is 37.9 Å². The number of hydrogen-bond acceptors (Lipinski definition) is 5. The van der Waals surface area contributed by atoms with Gasteiger partial charge in [0.05, 0.1) is 11.0 Å². The maximum Gasteiger partial charge on any atom is 0.204 e. The lowest BCUT2D eigenvalue weighted by atomic mass is 10.3. The third-order valence-electron chi connectivity index (χ3n) is 3.54. The number of anilines is 1. The third kappa shape index (κ3) is 2.54. The highest BCUT2D eigenvalue weighted by Gasteiger charge is 2.13. The van der Waals surface area contributed by atoms with Crippen molar-refractivity contribution >= 4 is 22.5 Å². The molecule has 0 saturated carbocycles. The monoisotopic (exact) mass is 284 g/mol. The van der Waals surface area contributed by atoms with Crippen molar-refractivity contribution < 1.29 is 0 Å². The van der Waals surface area contributed by atoms with Gasteiger partial charge in [0, 0.05) is 13.0 Å². The normalized spacial score (nSPS) is 11.3. The van der Waals surface area contributed by atoms with E-state index in [1.807, 2.05) is 18.2 Å². The molecule has 0 aliphatic rings. The minimum absolute atomic E-state index is 0.715. The van der Waals surface area contributed by atoms with Crippen molar-refractivity contribution in [3.05, 3.63) is 30.1 Å². The molecule has 0 radical (unpaired) electrons. The minimum atomic E-state index is 0.715. The maximum absolute atomic E-state index is 5.52. The molecule has 21 heavy (non-hydrogen) atoms. The zero-order valence-corrected chi connectivity index (χ0v) is 12.2. The Labute approximate surface area is 123 Å². The van der Waals surface area contributed by atoms with E-state index >= 15 is 0 Å². The quantitative estimate of drug-likeness (QED) is 0.677. The van der Waals surface area contributed by atoms with Crippen LogP contribution in [0.5, 0.6) is 0 Å². The number of nitrogens with two attached hydrogens (primary N) is 1. The predicted molar refractivity (Wildman–Crippen MR) is 84.4 cm³/mol. The summed E-state index contributed by atoms with van der Waals surface area (Å²) in [5.41, 5.74) is 8.30. The second-order valence-electron chi connectivity index (χ2n) is 5.00. The van der Waals surface area contributed by atoms with Crippen molar-refractivity contribution in [2.45, 2.75) is 26.2 Å². The van der Waals surface area contributed by atoms with E-state index < -0.39 is 0 Å². The Morgan fingerprint density at radius 1 is 1.19 bits per heavy atom. The van der Waals surface area contributed by atoms with Crippen LogP contribution in [0.25, 0.3) is 16.7 Å². The van der Waals surface area contributed by atoms with Crippen LogP contribution in [0.1, 0.15) is 25.6 Å². The minimum Gasteiger partial charge on any atom is -0.367 e. The zero-order chi connectivity index (χ0) is 14.7. The van der Waals surface area contributed by atoms with Crippen LogP contribution in [0.3, 0.4) is 0 Å². The Bertz CT molecular complexity index is 748. The van der Waals surface area contributed by atoms with Crippen molar-refractivity contribution in [3.63, 3.8) is 0 Å². The fraction of sp³-hybridized carbons (Fsp3) is 0.400. The van der Waals surface area contributed by atoms with Gasteiger partial charge in [-0.1, -0.05) is 19.1 Å². The van der Waals surface area contributed by atoms with Crippen LogP contribution in [0, 0.1) is 0 Å². The van der Waals surface area contributed by atoms with Gasteiger partial charge in [-0.05, 0) is 31.5 Å². The molecule has 0 bridgehead atoms. The number of fused-ring (bicyclic) bond motifs is 3. The van der Waals surface area contributed by atoms with Gasteiger partial charge in [-0.15, -0.1) is 10.2 Å². The highest BCUT2D eigenvalue weighted by molar-refractivity contribution is 5.82. The lowest BCUT2D eigenvalue weighted by molar-refractivity contribution is 0.772. The summed E-state index contributed by atoms with van der Waals surface area (Å²) in [6, 6.07) is 8.07. The average molecular weight is 284 g/mol. The number of para-hydroxylation sites is 2. The molecular weight excluding hydrogens is 264 g/mol. The number of unbranched alkanes of at least 4 members (excludes halogenated alkanes) is 1. The Hall–Kier alpha value is -2.21. The van der Waals surface area contributed by atoms with E-state index in [-0.39, 0.29) is 0 Å². The topological polar surface area (TPSA) is 81.1 Å². The summed E-state index contributed by atoms with van der Waals surface area (Å²) in [6.45, 7) is 3.64. The van der Waals surface area contributed by atoms with E-state index in [1.165, 1.54) is 0 Å². The fourth-order valence-corrected chi connectivity index (χ4v) is 2.46. The summed E-state index contributed by atoms with van der Waals surface area (Å²) in [5.74, 6) is 1.74. The number of nitrogens with one attached hydrogen (secondary N) is 1. The first kappa shape index (κ1) is 13.8. The van der Waals surface area contributed by atoms with Crippen molar-refractivity contribution in [2.24, 2.45) is 5.73 Å². The number of benzene rings is 1. The van der Waals surface area contributed by atoms with Gasteiger partial charge in [0.2, 0.25) is 5.65 Å². The molecule has 2 heterocycles. The summed E-state index contributed by atoms with van der Waals surface area (Å²) in [5, 5.41) is 11.9. The molecule has 0 spiro atoms. The largest absolute Gasteiger partial charge is 0.367 e. The smallest absolute Gasteiger partial charge is 0.204 e. The van der Waals surface area contributed by atoms with E-state index in [9.17, 15) is 0 Å². The molecule has 110 valence electrons. The molecule has 0 fully saturated rings. The molecule has 0 amide bonds. The van der Waals surface area contributed by atoms with Gasteiger partial charge in [-0.2, -0.15) is 0 Å². The number of rotatable bonds is 6. The molecule has 1 aromatic carbocycles. The number of aryl methyl sites for hydroxylation is 1. The van der Waals surface area contributed by atoms with Crippen LogP contribution in [0.2, 0.25) is 0 Å². The van der Waals surface area contributed by atoms with Crippen LogP contribution in [0.4, 0.5) is 5.82 Å². The second-order valence-corrected chi connectivity index (χ2v) is 5.00. The maximum atomic E-state index is 5.52. The van der Waals surface area contributed by atoms with Gasteiger partial charge in [0.15, 0.2) is 5.82 Å². The van der Waals surface area contributed by atoms with Crippen LogP contribution in [-0.4, -0.2) is 32.7 Å². The highest BCUT2D eigenvalue weighted by Crippen LogP contribution is 2.21. The molecule has 2 aromatic heterocycles. The summed E-state index contributed by atoms with van der Waals surface area (Å²) in [4.78, 5) is 4.68. The van der Waals surface area contributed by atoms with Gasteiger partial charge in [0.25, 0.3) is 0 Å². The van der Waals surface area contributed by atoms with Crippen LogP contribution in [-0.2, 0) is 6.42 Å². The summed E-state index contributed by atoms with van der Waals surface area (Å²) >= 11 is 0. The molecule has 0 saturated heterocycles. The van der Waals surface area contributed by atoms with Crippen molar-refractivity contribution in [1.82, 2.24) is 19.6 Å². The van der Waals surface area contributed by atoms with Gasteiger partial charge in [0.1, 0.15) is 5.82 Å². The second kappa shape index (κ2) is 6.05. The molecule has 0 aliphatic carbocycles. The Kier molecular flexibility index (Phi) is 3.96. The molecule has 3 aromatic rings. The molecule has 3 N–H and O–H groups in total. The van der Waals surface area contributed by atoms with Gasteiger partial charge < -0.3 is 11.1 Å². The lowest BCUT2D eigenvalue weighted by Gasteiger charge is -2.09. The number of nitrogens with zero attached hydrogens (tertiary/aromatic N) is 4. The third-order valence-corrected chi connectivity index (χ3v) is 3.54. The molecule has 0 aliphatic heterocycles. The van der Waals surface area contributed by atoms with Gasteiger partial charge in [-0.25, -0.2) is 4.98 Å². The number of hydrogen-bond donors (Lipinski definition) is 2. The molecule has 0 atom stereocenters. The zero-order valence-electron chi connectivity index (χ0n) is 12.2. The molecule has 6 heteroatoms. The van der Waals surface area contributed by atoms with E-state index in [0.717, 1.165) is 54.1 Å². The first-order chi connectivity index (χ1) is 10.3. The van der Waals surface area contributed by atoms with Gasteiger partial charge >= 0.3 is 0 Å². The van der Waals surface area contributed by atoms with E-state index in [1.54, 1.807) is 0 Å². The fourth-order valence-electron chi connectivity index (χ4n) is 2.46. The molecule has 0 unspecified atom stereocenters. The average Bonchev–Trinajstić information content (AvgIpc) is 2.96. The van der Waals surface area contributed by atoms with Gasteiger partial charge in [-0.3, -0.25) is 4.40 Å². The van der Waals surface area contributed by atoms with Crippen LogP contribution >= 0.6 is 0 Å². The SMILES string of the molecule is CCc1nnc2c(NCCCCN)nc3ccccc3n12. The number of aromatic nitrogens is 4. The Morgan fingerprint density at radius 2 is 2.05 bits per heavy atom. The Morgan fingerprint density at radius 3 is 2.86 bits per heavy atom. The molecular formula is C15H20N6. The highest BCUT2D eigenvalue weighted by atomic mass is 15.3. The predicted octanol–water partition coefficient (Wildman–Crippen LogP) is 1.99. The van der Waals surface area contributed by atoms with Crippen LogP contribution < -0.4 is 11.1 Å². The first-order valence-corrected chi connectivity index (χ1v) is 7.42. The van der Waals surface area contributed by atoms with Crippen molar-refractivity contribution in [1.29, 1.82) is 0 Å². The lowest BCUT2D eigenvalue weighted by Crippen LogP contribution is -2.09. The van der Waals surface area contributed by atoms with Crippen molar-refractivity contribution in [3.8, 4) is 0 Å². The summed E-state index contributed by atoms with van der Waals surface area (Å²) in [6.07, 6.45) is 2.86. The summed E-state index contributed by atoms with van der Waals surface area (Å²) in [7, 11) is 0. The summed E-state index contributed by atoms with van der Waals surface area (Å²) < 4.78 is 2.09. The molecule has 3 rings (SSSR count).